The van der Waals surface area contributed by atoms with Crippen LogP contribution in [0.25, 0.3) is 0 Å². The summed E-state index contributed by atoms with van der Waals surface area (Å²) in [5, 5.41) is 6.65. The first-order chi connectivity index (χ1) is 8.79. The molecule has 0 unspecified atom stereocenters. The Bertz CT molecular complexity index is 384. The maximum atomic E-state index is 6.03. The fraction of sp³-hybridized carbons (Fsp3) is 0.636. The summed E-state index contributed by atoms with van der Waals surface area (Å²) in [4.78, 5) is 10.7. The SMILES string of the molecule is CNc1ncc(Cl)c(NCCN2CCOCC2)n1. The third-order valence-corrected chi connectivity index (χ3v) is 3.07. The van der Waals surface area contributed by atoms with Crippen LogP contribution in [0, 0.1) is 0 Å². The number of ether oxygens (including phenoxy) is 1. The number of nitrogens with zero attached hydrogens (tertiary/aromatic N) is 3. The van der Waals surface area contributed by atoms with E-state index in [-0.39, 0.29) is 0 Å². The Morgan fingerprint density at radius 1 is 1.44 bits per heavy atom. The minimum atomic E-state index is 0.538. The van der Waals surface area contributed by atoms with E-state index in [4.69, 9.17) is 16.3 Å². The molecule has 100 valence electrons. The molecule has 0 spiro atoms. The normalized spacial score (nSPS) is 16.6. The summed E-state index contributed by atoms with van der Waals surface area (Å²) in [7, 11) is 1.78. The molecule has 1 aromatic heterocycles. The molecule has 2 N–H and O–H groups in total. The Morgan fingerprint density at radius 3 is 2.94 bits per heavy atom. The minimum absolute atomic E-state index is 0.538. The van der Waals surface area contributed by atoms with Crippen molar-refractivity contribution in [3.63, 3.8) is 0 Å². The summed E-state index contributed by atoms with van der Waals surface area (Å²) in [6.45, 7) is 5.37. The third kappa shape index (κ3) is 3.69. The molecule has 0 atom stereocenters. The van der Waals surface area contributed by atoms with E-state index < -0.39 is 0 Å². The summed E-state index contributed by atoms with van der Waals surface area (Å²) >= 11 is 6.03. The van der Waals surface area contributed by atoms with E-state index in [9.17, 15) is 0 Å². The van der Waals surface area contributed by atoms with Crippen molar-refractivity contribution in [2.75, 3.05) is 57.1 Å². The predicted molar refractivity (Wildman–Crippen MR) is 72.3 cm³/mol. The molecule has 0 aromatic carbocycles. The lowest BCUT2D eigenvalue weighted by molar-refractivity contribution is 0.0398. The molecule has 1 saturated heterocycles. The van der Waals surface area contributed by atoms with E-state index in [2.05, 4.69) is 25.5 Å². The van der Waals surface area contributed by atoms with E-state index in [1.165, 1.54) is 0 Å². The molecule has 0 saturated carbocycles. The predicted octanol–water partition coefficient (Wildman–Crippen LogP) is 0.916. The van der Waals surface area contributed by atoms with Crippen molar-refractivity contribution in [3.8, 4) is 0 Å². The average molecular weight is 272 g/mol. The van der Waals surface area contributed by atoms with Gasteiger partial charge in [-0.1, -0.05) is 11.6 Å². The van der Waals surface area contributed by atoms with Gasteiger partial charge in [0.2, 0.25) is 5.95 Å². The van der Waals surface area contributed by atoms with Crippen LogP contribution >= 0.6 is 11.6 Å². The van der Waals surface area contributed by atoms with Crippen LogP contribution < -0.4 is 10.6 Å². The molecule has 1 aromatic rings. The second-order valence-corrected chi connectivity index (χ2v) is 4.43. The van der Waals surface area contributed by atoms with Gasteiger partial charge in [0.25, 0.3) is 0 Å². The van der Waals surface area contributed by atoms with E-state index in [1.807, 2.05) is 0 Å². The Balaban J connectivity index is 1.81. The zero-order chi connectivity index (χ0) is 12.8. The average Bonchev–Trinajstić information content (AvgIpc) is 2.42. The number of halogens is 1. The number of hydrogen-bond donors (Lipinski definition) is 2. The van der Waals surface area contributed by atoms with Crippen LogP contribution in [0.1, 0.15) is 0 Å². The topological polar surface area (TPSA) is 62.3 Å². The highest BCUT2D eigenvalue weighted by Crippen LogP contribution is 2.18. The van der Waals surface area contributed by atoms with E-state index in [0.717, 1.165) is 39.4 Å². The monoisotopic (exact) mass is 271 g/mol. The standard InChI is InChI=1S/C11H18ClN5O/c1-13-11-15-8-9(12)10(16-11)14-2-3-17-4-6-18-7-5-17/h8H,2-7H2,1H3,(H2,13,14,15,16). The van der Waals surface area contributed by atoms with Crippen LogP contribution in [0.2, 0.25) is 5.02 Å². The Hall–Kier alpha value is -1.11. The van der Waals surface area contributed by atoms with Gasteiger partial charge < -0.3 is 15.4 Å². The van der Waals surface area contributed by atoms with Crippen LogP contribution in [0.4, 0.5) is 11.8 Å². The molecule has 0 amide bonds. The van der Waals surface area contributed by atoms with Crippen molar-refractivity contribution in [1.82, 2.24) is 14.9 Å². The van der Waals surface area contributed by atoms with Crippen molar-refractivity contribution in [2.24, 2.45) is 0 Å². The fourth-order valence-corrected chi connectivity index (χ4v) is 1.93. The largest absolute Gasteiger partial charge is 0.379 e. The molecular formula is C11H18ClN5O. The summed E-state index contributed by atoms with van der Waals surface area (Å²) in [6.07, 6.45) is 1.59. The second-order valence-electron chi connectivity index (χ2n) is 4.02. The molecule has 0 radical (unpaired) electrons. The van der Waals surface area contributed by atoms with E-state index in [1.54, 1.807) is 13.2 Å². The highest BCUT2D eigenvalue weighted by molar-refractivity contribution is 6.32. The quantitative estimate of drug-likeness (QED) is 0.830. The number of morpholine rings is 1. The smallest absolute Gasteiger partial charge is 0.224 e. The summed E-state index contributed by atoms with van der Waals surface area (Å²) < 4.78 is 5.30. The van der Waals surface area contributed by atoms with Crippen molar-refractivity contribution in [2.45, 2.75) is 0 Å². The lowest BCUT2D eigenvalue weighted by atomic mass is 10.4. The first-order valence-electron chi connectivity index (χ1n) is 6.04. The molecule has 0 bridgehead atoms. The number of hydrogen-bond acceptors (Lipinski definition) is 6. The highest BCUT2D eigenvalue weighted by atomic mass is 35.5. The molecule has 2 heterocycles. The van der Waals surface area contributed by atoms with Gasteiger partial charge in [-0.3, -0.25) is 4.90 Å². The molecule has 6 nitrogen and oxygen atoms in total. The van der Waals surface area contributed by atoms with E-state index >= 15 is 0 Å². The van der Waals surface area contributed by atoms with Crippen LogP contribution in [-0.2, 0) is 4.74 Å². The minimum Gasteiger partial charge on any atom is -0.379 e. The lowest BCUT2D eigenvalue weighted by Gasteiger charge is -2.26. The van der Waals surface area contributed by atoms with Crippen LogP contribution in [0.15, 0.2) is 6.20 Å². The van der Waals surface area contributed by atoms with Gasteiger partial charge in [-0.15, -0.1) is 0 Å². The second kappa shape index (κ2) is 6.72. The zero-order valence-electron chi connectivity index (χ0n) is 10.4. The first kappa shape index (κ1) is 13.3. The summed E-state index contributed by atoms with van der Waals surface area (Å²) in [5.74, 6) is 1.23. The maximum Gasteiger partial charge on any atom is 0.224 e. The molecule has 2 rings (SSSR count). The van der Waals surface area contributed by atoms with Crippen LogP contribution in [0.3, 0.4) is 0 Å². The molecule has 0 aliphatic carbocycles. The molecular weight excluding hydrogens is 254 g/mol. The van der Waals surface area contributed by atoms with Crippen molar-refractivity contribution in [3.05, 3.63) is 11.2 Å². The van der Waals surface area contributed by atoms with Crippen molar-refractivity contribution in [1.29, 1.82) is 0 Å². The van der Waals surface area contributed by atoms with E-state index in [0.29, 0.717) is 16.8 Å². The molecule has 7 heteroatoms. The molecule has 1 aliphatic rings. The first-order valence-corrected chi connectivity index (χ1v) is 6.41. The van der Waals surface area contributed by atoms with Crippen molar-refractivity contribution < 1.29 is 4.74 Å². The maximum absolute atomic E-state index is 6.03. The number of nitrogens with one attached hydrogen (secondary N) is 2. The van der Waals surface area contributed by atoms with Gasteiger partial charge in [-0.25, -0.2) is 4.98 Å². The number of anilines is 2. The Labute approximate surface area is 112 Å². The Kier molecular flexibility index (Phi) is 4.98. The van der Waals surface area contributed by atoms with Gasteiger partial charge in [-0.2, -0.15) is 4.98 Å². The van der Waals surface area contributed by atoms with Crippen LogP contribution in [-0.4, -0.2) is 61.3 Å². The Morgan fingerprint density at radius 2 is 2.22 bits per heavy atom. The number of rotatable bonds is 5. The third-order valence-electron chi connectivity index (χ3n) is 2.79. The highest BCUT2D eigenvalue weighted by Gasteiger charge is 2.10. The van der Waals surface area contributed by atoms with Gasteiger partial charge in [0, 0.05) is 33.2 Å². The molecule has 1 aliphatic heterocycles. The van der Waals surface area contributed by atoms with Gasteiger partial charge in [0.05, 0.1) is 19.4 Å². The summed E-state index contributed by atoms with van der Waals surface area (Å²) in [5.41, 5.74) is 0. The molecule has 18 heavy (non-hydrogen) atoms. The van der Waals surface area contributed by atoms with Crippen LogP contribution in [0.5, 0.6) is 0 Å². The van der Waals surface area contributed by atoms with Gasteiger partial charge >= 0.3 is 0 Å². The van der Waals surface area contributed by atoms with Gasteiger partial charge in [0.1, 0.15) is 5.02 Å². The number of aromatic nitrogens is 2. The summed E-state index contributed by atoms with van der Waals surface area (Å²) in [6, 6.07) is 0. The fourth-order valence-electron chi connectivity index (χ4n) is 1.77. The lowest BCUT2D eigenvalue weighted by Crippen LogP contribution is -2.39. The molecule has 1 fully saturated rings. The van der Waals surface area contributed by atoms with Gasteiger partial charge in [-0.05, 0) is 0 Å². The van der Waals surface area contributed by atoms with Crippen molar-refractivity contribution >= 4 is 23.4 Å². The zero-order valence-corrected chi connectivity index (χ0v) is 11.2. The van der Waals surface area contributed by atoms with Gasteiger partial charge in [0.15, 0.2) is 5.82 Å².